The minimum absolute atomic E-state index is 0.163. The van der Waals surface area contributed by atoms with E-state index in [0.717, 1.165) is 25.4 Å². The van der Waals surface area contributed by atoms with Crippen molar-refractivity contribution in [1.29, 1.82) is 0 Å². The fourth-order valence-electron chi connectivity index (χ4n) is 1.63. The van der Waals surface area contributed by atoms with Crippen molar-refractivity contribution in [3.05, 3.63) is 16.1 Å². The lowest BCUT2D eigenvalue weighted by Crippen LogP contribution is -2.16. The van der Waals surface area contributed by atoms with Crippen molar-refractivity contribution in [2.24, 2.45) is 0 Å². The second-order valence-corrected chi connectivity index (χ2v) is 6.98. The first-order valence-corrected chi connectivity index (χ1v) is 8.17. The summed E-state index contributed by atoms with van der Waals surface area (Å²) in [5.41, 5.74) is 1.36. The Morgan fingerprint density at radius 3 is 2.56 bits per heavy atom. The lowest BCUT2D eigenvalue weighted by atomic mass is 9.93. The molecule has 4 heteroatoms. The molecule has 1 heterocycles. The number of thiazole rings is 1. The van der Waals surface area contributed by atoms with Crippen LogP contribution in [0.25, 0.3) is 0 Å². The third kappa shape index (κ3) is 6.17. The van der Waals surface area contributed by atoms with Gasteiger partial charge < -0.3 is 5.32 Å². The largest absolute Gasteiger partial charge is 0.310 e. The van der Waals surface area contributed by atoms with Gasteiger partial charge in [-0.3, -0.25) is 0 Å². The van der Waals surface area contributed by atoms with Crippen molar-refractivity contribution in [2.45, 2.75) is 58.4 Å². The van der Waals surface area contributed by atoms with E-state index in [9.17, 15) is 0 Å². The molecule has 0 amide bonds. The monoisotopic (exact) mass is 288 g/mol. The molecule has 18 heavy (non-hydrogen) atoms. The predicted octanol–water partition coefficient (Wildman–Crippen LogP) is 4.33. The second kappa shape index (κ2) is 8.13. The number of hydrogen-bond acceptors (Lipinski definition) is 3. The smallest absolute Gasteiger partial charge is 0.107 e. The molecule has 0 aliphatic rings. The van der Waals surface area contributed by atoms with Gasteiger partial charge in [0.25, 0.3) is 0 Å². The molecule has 1 N–H and O–H groups in total. The third-order valence-electron chi connectivity index (χ3n) is 2.83. The summed E-state index contributed by atoms with van der Waals surface area (Å²) < 4.78 is 0. The Kier molecular flexibility index (Phi) is 7.20. The molecule has 0 radical (unpaired) electrons. The molecule has 104 valence electrons. The first-order chi connectivity index (χ1) is 8.54. The highest BCUT2D eigenvalue weighted by atomic mass is 35.5. The summed E-state index contributed by atoms with van der Waals surface area (Å²) in [5.74, 6) is 0.794. The first-order valence-electron chi connectivity index (χ1n) is 6.75. The molecule has 0 bridgehead atoms. The van der Waals surface area contributed by atoms with E-state index in [1.54, 1.807) is 11.3 Å². The van der Waals surface area contributed by atoms with Gasteiger partial charge >= 0.3 is 0 Å². The molecule has 0 saturated heterocycles. The predicted molar refractivity (Wildman–Crippen MR) is 81.7 cm³/mol. The van der Waals surface area contributed by atoms with E-state index in [1.165, 1.54) is 30.0 Å². The molecular formula is C14H25ClN2S. The number of aromatic nitrogens is 1. The maximum atomic E-state index is 5.64. The highest BCUT2D eigenvalue weighted by Crippen LogP contribution is 2.23. The molecule has 0 fully saturated rings. The lowest BCUT2D eigenvalue weighted by Gasteiger charge is -2.14. The molecule has 0 atom stereocenters. The summed E-state index contributed by atoms with van der Waals surface area (Å²) in [4.78, 5) is 4.67. The zero-order valence-electron chi connectivity index (χ0n) is 11.8. The molecule has 0 saturated carbocycles. The van der Waals surface area contributed by atoms with E-state index in [2.05, 4.69) is 36.5 Å². The van der Waals surface area contributed by atoms with E-state index in [0.29, 0.717) is 0 Å². The van der Waals surface area contributed by atoms with Crippen LogP contribution in [0.5, 0.6) is 0 Å². The Balaban J connectivity index is 2.14. The fourth-order valence-corrected chi connectivity index (χ4v) is 2.81. The van der Waals surface area contributed by atoms with Crippen LogP contribution in [0.2, 0.25) is 0 Å². The number of nitrogens with one attached hydrogen (secondary N) is 1. The van der Waals surface area contributed by atoms with Gasteiger partial charge in [-0.05, 0) is 19.4 Å². The van der Waals surface area contributed by atoms with E-state index in [1.807, 2.05) is 0 Å². The van der Waals surface area contributed by atoms with Crippen LogP contribution in [0.1, 0.15) is 57.2 Å². The molecule has 0 aliphatic heterocycles. The number of hydrogen-bond donors (Lipinski definition) is 1. The highest BCUT2D eigenvalue weighted by molar-refractivity contribution is 7.09. The summed E-state index contributed by atoms with van der Waals surface area (Å²) in [5, 5.41) is 6.83. The summed E-state index contributed by atoms with van der Waals surface area (Å²) in [6.07, 6.45) is 4.89. The van der Waals surface area contributed by atoms with Gasteiger partial charge in [0.15, 0.2) is 0 Å². The third-order valence-corrected chi connectivity index (χ3v) is 3.95. The van der Waals surface area contributed by atoms with Gasteiger partial charge in [0.1, 0.15) is 5.01 Å². The molecule has 0 aliphatic carbocycles. The van der Waals surface area contributed by atoms with Crippen LogP contribution in [-0.4, -0.2) is 17.4 Å². The maximum absolute atomic E-state index is 5.64. The Labute approximate surface area is 120 Å². The van der Waals surface area contributed by atoms with Crippen molar-refractivity contribution in [3.63, 3.8) is 0 Å². The van der Waals surface area contributed by atoms with Crippen molar-refractivity contribution >= 4 is 22.9 Å². The van der Waals surface area contributed by atoms with Gasteiger partial charge in [0.05, 0.1) is 5.69 Å². The summed E-state index contributed by atoms with van der Waals surface area (Å²) >= 11 is 7.40. The quantitative estimate of drug-likeness (QED) is 0.569. The number of rotatable bonds is 8. The minimum atomic E-state index is 0.163. The second-order valence-electron chi connectivity index (χ2n) is 5.66. The topological polar surface area (TPSA) is 24.9 Å². The lowest BCUT2D eigenvalue weighted by molar-refractivity contribution is 0.565. The zero-order valence-corrected chi connectivity index (χ0v) is 13.3. The van der Waals surface area contributed by atoms with E-state index >= 15 is 0 Å². The Morgan fingerprint density at radius 1 is 1.22 bits per heavy atom. The van der Waals surface area contributed by atoms with Crippen molar-refractivity contribution in [1.82, 2.24) is 10.3 Å². The molecule has 1 rings (SSSR count). The zero-order chi connectivity index (χ0) is 13.4. The average Bonchev–Trinajstić information content (AvgIpc) is 2.76. The number of unbranched alkanes of at least 4 members (excludes halogenated alkanes) is 3. The standard InChI is InChI=1S/C14H25ClN2S/c1-14(2,3)12-11-18-13(17-12)10-16-9-7-5-4-6-8-15/h11,16H,4-10H2,1-3H3. The SMILES string of the molecule is CC(C)(C)c1csc(CNCCCCCCCl)n1. The number of nitrogens with zero attached hydrogens (tertiary/aromatic N) is 1. The van der Waals surface area contributed by atoms with E-state index in [4.69, 9.17) is 11.6 Å². The van der Waals surface area contributed by atoms with E-state index < -0.39 is 0 Å². The molecular weight excluding hydrogens is 264 g/mol. The van der Waals surface area contributed by atoms with Gasteiger partial charge in [-0.25, -0.2) is 4.98 Å². The van der Waals surface area contributed by atoms with Gasteiger partial charge in [0, 0.05) is 23.2 Å². The van der Waals surface area contributed by atoms with Crippen LogP contribution >= 0.6 is 22.9 Å². The summed E-state index contributed by atoms with van der Waals surface area (Å²) in [7, 11) is 0. The molecule has 1 aromatic rings. The minimum Gasteiger partial charge on any atom is -0.310 e. The van der Waals surface area contributed by atoms with Gasteiger partial charge in [0.2, 0.25) is 0 Å². The van der Waals surface area contributed by atoms with Gasteiger partial charge in [-0.15, -0.1) is 22.9 Å². The van der Waals surface area contributed by atoms with Gasteiger partial charge in [-0.1, -0.05) is 33.6 Å². The molecule has 1 aromatic heterocycles. The van der Waals surface area contributed by atoms with E-state index in [-0.39, 0.29) is 5.41 Å². The normalized spacial score (nSPS) is 12.0. The molecule has 2 nitrogen and oxygen atoms in total. The Bertz CT molecular complexity index is 331. The van der Waals surface area contributed by atoms with Crippen molar-refractivity contribution < 1.29 is 0 Å². The number of halogens is 1. The van der Waals surface area contributed by atoms with Crippen LogP contribution in [-0.2, 0) is 12.0 Å². The summed E-state index contributed by atoms with van der Waals surface area (Å²) in [6, 6.07) is 0. The molecule has 0 unspecified atom stereocenters. The van der Waals surface area contributed by atoms with Crippen LogP contribution in [0.15, 0.2) is 5.38 Å². The summed E-state index contributed by atoms with van der Waals surface area (Å²) in [6.45, 7) is 8.59. The van der Waals surface area contributed by atoms with Crippen LogP contribution in [0.3, 0.4) is 0 Å². The highest BCUT2D eigenvalue weighted by Gasteiger charge is 2.16. The number of alkyl halides is 1. The fraction of sp³-hybridized carbons (Fsp3) is 0.786. The van der Waals surface area contributed by atoms with Gasteiger partial charge in [-0.2, -0.15) is 0 Å². The molecule has 0 aromatic carbocycles. The van der Waals surface area contributed by atoms with Crippen LogP contribution in [0.4, 0.5) is 0 Å². The van der Waals surface area contributed by atoms with Crippen LogP contribution < -0.4 is 5.32 Å². The molecule has 0 spiro atoms. The average molecular weight is 289 g/mol. The van der Waals surface area contributed by atoms with Crippen molar-refractivity contribution in [2.75, 3.05) is 12.4 Å². The Morgan fingerprint density at radius 2 is 1.94 bits per heavy atom. The Hall–Kier alpha value is -0.120. The first kappa shape index (κ1) is 15.9. The van der Waals surface area contributed by atoms with Crippen LogP contribution in [0, 0.1) is 0 Å². The van der Waals surface area contributed by atoms with Crippen molar-refractivity contribution in [3.8, 4) is 0 Å². The maximum Gasteiger partial charge on any atom is 0.107 e.